The zero-order chi connectivity index (χ0) is 12.8. The first kappa shape index (κ1) is 14.1. The molecule has 1 atom stereocenters. The Balaban J connectivity index is 2.58. The van der Waals surface area contributed by atoms with Crippen LogP contribution < -0.4 is 5.32 Å². The van der Waals surface area contributed by atoms with E-state index in [1.54, 1.807) is 0 Å². The van der Waals surface area contributed by atoms with Gasteiger partial charge in [-0.25, -0.2) is 8.78 Å². The molecule has 0 fully saturated rings. The van der Waals surface area contributed by atoms with Gasteiger partial charge in [0.05, 0.1) is 0 Å². The normalized spacial score (nSPS) is 13.1. The molecule has 0 aliphatic heterocycles. The number of halogens is 2. The van der Waals surface area contributed by atoms with Crippen LogP contribution in [0.1, 0.15) is 25.8 Å². The third-order valence-corrected chi connectivity index (χ3v) is 2.74. The van der Waals surface area contributed by atoms with E-state index >= 15 is 0 Å². The van der Waals surface area contributed by atoms with Gasteiger partial charge in [-0.05, 0) is 30.0 Å². The maximum absolute atomic E-state index is 13.0. The highest BCUT2D eigenvalue weighted by Gasteiger charge is 2.12. The molecule has 0 saturated carbocycles. The minimum absolute atomic E-state index is 0.105. The molecule has 2 nitrogen and oxygen atoms in total. The van der Waals surface area contributed by atoms with Crippen molar-refractivity contribution in [3.8, 4) is 0 Å². The third-order valence-electron chi connectivity index (χ3n) is 2.74. The molecule has 0 amide bonds. The summed E-state index contributed by atoms with van der Waals surface area (Å²) in [6, 6.07) is 3.63. The van der Waals surface area contributed by atoms with Crippen LogP contribution in [0.5, 0.6) is 0 Å². The molecule has 4 heteroatoms. The molecular formula is C13H19F2NO. The summed E-state index contributed by atoms with van der Waals surface area (Å²) < 4.78 is 25.9. The molecule has 1 rings (SSSR count). The van der Waals surface area contributed by atoms with Crippen LogP contribution in [0.4, 0.5) is 8.78 Å². The number of nitrogens with one attached hydrogen (secondary N) is 1. The summed E-state index contributed by atoms with van der Waals surface area (Å²) in [4.78, 5) is 0. The Hall–Kier alpha value is -1.00. The van der Waals surface area contributed by atoms with E-state index in [0.29, 0.717) is 24.4 Å². The van der Waals surface area contributed by atoms with Crippen LogP contribution in [0.2, 0.25) is 0 Å². The van der Waals surface area contributed by atoms with E-state index in [-0.39, 0.29) is 12.6 Å². The molecule has 1 unspecified atom stereocenters. The summed E-state index contributed by atoms with van der Waals surface area (Å²) in [5.74, 6) is -0.768. The van der Waals surface area contributed by atoms with E-state index in [9.17, 15) is 8.78 Å². The number of hydrogen-bond acceptors (Lipinski definition) is 2. The molecule has 0 aromatic heterocycles. The number of aliphatic hydroxyl groups is 1. The van der Waals surface area contributed by atoms with Crippen molar-refractivity contribution in [2.24, 2.45) is 5.92 Å². The Morgan fingerprint density at radius 2 is 1.76 bits per heavy atom. The van der Waals surface area contributed by atoms with Gasteiger partial charge in [0.2, 0.25) is 0 Å². The minimum atomic E-state index is -0.565. The fourth-order valence-corrected chi connectivity index (χ4v) is 1.77. The van der Waals surface area contributed by atoms with E-state index < -0.39 is 11.6 Å². The van der Waals surface area contributed by atoms with Crippen LogP contribution in [0.25, 0.3) is 0 Å². The first-order valence-electron chi connectivity index (χ1n) is 5.82. The maximum Gasteiger partial charge on any atom is 0.126 e. The van der Waals surface area contributed by atoms with Crippen molar-refractivity contribution in [3.05, 3.63) is 35.4 Å². The molecule has 0 radical (unpaired) electrons. The Kier molecular flexibility index (Phi) is 5.51. The largest absolute Gasteiger partial charge is 0.396 e. The second kappa shape index (κ2) is 6.67. The summed E-state index contributed by atoms with van der Waals surface area (Å²) in [5.41, 5.74) is 0.575. The van der Waals surface area contributed by atoms with Gasteiger partial charge in [0, 0.05) is 25.3 Å². The average molecular weight is 243 g/mol. The average Bonchev–Trinajstić information content (AvgIpc) is 2.22. The van der Waals surface area contributed by atoms with Crippen LogP contribution >= 0.6 is 0 Å². The van der Waals surface area contributed by atoms with E-state index in [4.69, 9.17) is 5.11 Å². The predicted molar refractivity (Wildman–Crippen MR) is 63.5 cm³/mol. The molecule has 1 aromatic carbocycles. The number of aliphatic hydroxyl groups excluding tert-OH is 1. The lowest BCUT2D eigenvalue weighted by Crippen LogP contribution is -2.34. The van der Waals surface area contributed by atoms with Gasteiger partial charge in [0.15, 0.2) is 0 Å². The Morgan fingerprint density at radius 1 is 1.18 bits per heavy atom. The van der Waals surface area contributed by atoms with Gasteiger partial charge in [0.1, 0.15) is 11.6 Å². The third kappa shape index (κ3) is 4.79. The van der Waals surface area contributed by atoms with Crippen LogP contribution in [-0.4, -0.2) is 17.8 Å². The van der Waals surface area contributed by atoms with Crippen molar-refractivity contribution < 1.29 is 13.9 Å². The maximum atomic E-state index is 13.0. The highest BCUT2D eigenvalue weighted by molar-refractivity contribution is 5.17. The van der Waals surface area contributed by atoms with Crippen LogP contribution in [0, 0.1) is 17.6 Å². The lowest BCUT2D eigenvalue weighted by atomic mass is 10.0. The molecular weight excluding hydrogens is 224 g/mol. The topological polar surface area (TPSA) is 32.3 Å². The highest BCUT2D eigenvalue weighted by Crippen LogP contribution is 2.10. The predicted octanol–water partition coefficient (Wildman–Crippen LogP) is 2.46. The van der Waals surface area contributed by atoms with Gasteiger partial charge in [0.25, 0.3) is 0 Å². The second-order valence-electron chi connectivity index (χ2n) is 4.52. The standard InChI is InChI=1S/C13H19F2NO/c1-9(2)13(3-4-17)16-8-10-5-11(14)7-12(15)6-10/h5-7,9,13,16-17H,3-4,8H2,1-2H3. The highest BCUT2D eigenvalue weighted by atomic mass is 19.1. The lowest BCUT2D eigenvalue weighted by molar-refractivity contribution is 0.243. The molecule has 0 saturated heterocycles. The lowest BCUT2D eigenvalue weighted by Gasteiger charge is -2.21. The van der Waals surface area contributed by atoms with E-state index in [1.807, 2.05) is 13.8 Å². The van der Waals surface area contributed by atoms with Gasteiger partial charge in [-0.1, -0.05) is 13.8 Å². The zero-order valence-corrected chi connectivity index (χ0v) is 10.2. The summed E-state index contributed by atoms with van der Waals surface area (Å²) in [5, 5.41) is 12.1. The van der Waals surface area contributed by atoms with Gasteiger partial charge in [-0.15, -0.1) is 0 Å². The van der Waals surface area contributed by atoms with Crippen molar-refractivity contribution in [1.82, 2.24) is 5.32 Å². The molecule has 2 N–H and O–H groups in total. The van der Waals surface area contributed by atoms with Crippen molar-refractivity contribution in [2.45, 2.75) is 32.9 Å². The first-order chi connectivity index (χ1) is 8.02. The quantitative estimate of drug-likeness (QED) is 0.804. The molecule has 17 heavy (non-hydrogen) atoms. The Bertz CT molecular complexity index is 335. The monoisotopic (exact) mass is 243 g/mol. The summed E-state index contributed by atoms with van der Waals surface area (Å²) >= 11 is 0. The molecule has 0 spiro atoms. The minimum Gasteiger partial charge on any atom is -0.396 e. The van der Waals surface area contributed by atoms with E-state index in [1.165, 1.54) is 12.1 Å². The van der Waals surface area contributed by atoms with Crippen molar-refractivity contribution >= 4 is 0 Å². The molecule has 0 heterocycles. The molecule has 1 aromatic rings. The summed E-state index contributed by atoms with van der Waals surface area (Å²) in [7, 11) is 0. The Morgan fingerprint density at radius 3 is 2.24 bits per heavy atom. The zero-order valence-electron chi connectivity index (χ0n) is 10.2. The molecule has 0 aliphatic rings. The van der Waals surface area contributed by atoms with E-state index in [0.717, 1.165) is 6.07 Å². The number of benzene rings is 1. The Labute approximate surface area is 101 Å². The molecule has 0 aliphatic carbocycles. The SMILES string of the molecule is CC(C)C(CCO)NCc1cc(F)cc(F)c1. The first-order valence-corrected chi connectivity index (χ1v) is 5.82. The van der Waals surface area contributed by atoms with Crippen molar-refractivity contribution in [2.75, 3.05) is 6.61 Å². The number of rotatable bonds is 6. The van der Waals surface area contributed by atoms with Gasteiger partial charge >= 0.3 is 0 Å². The van der Waals surface area contributed by atoms with Crippen LogP contribution in [0.3, 0.4) is 0 Å². The summed E-state index contributed by atoms with van der Waals surface area (Å²) in [6.45, 7) is 4.59. The van der Waals surface area contributed by atoms with E-state index in [2.05, 4.69) is 5.32 Å². The fourth-order valence-electron chi connectivity index (χ4n) is 1.77. The van der Waals surface area contributed by atoms with Crippen LogP contribution in [-0.2, 0) is 6.54 Å². The van der Waals surface area contributed by atoms with Crippen molar-refractivity contribution in [3.63, 3.8) is 0 Å². The smallest absolute Gasteiger partial charge is 0.126 e. The van der Waals surface area contributed by atoms with Crippen LogP contribution in [0.15, 0.2) is 18.2 Å². The summed E-state index contributed by atoms with van der Waals surface area (Å²) in [6.07, 6.45) is 0.634. The molecule has 0 bridgehead atoms. The number of hydrogen-bond donors (Lipinski definition) is 2. The van der Waals surface area contributed by atoms with Gasteiger partial charge < -0.3 is 10.4 Å². The fraction of sp³-hybridized carbons (Fsp3) is 0.538. The molecule has 96 valence electrons. The van der Waals surface area contributed by atoms with Gasteiger partial charge in [-0.2, -0.15) is 0 Å². The van der Waals surface area contributed by atoms with Gasteiger partial charge in [-0.3, -0.25) is 0 Å². The second-order valence-corrected chi connectivity index (χ2v) is 4.52. The van der Waals surface area contributed by atoms with Crippen molar-refractivity contribution in [1.29, 1.82) is 0 Å².